The van der Waals surface area contributed by atoms with Gasteiger partial charge in [0, 0.05) is 6.54 Å². The van der Waals surface area contributed by atoms with Crippen molar-refractivity contribution >= 4 is 5.91 Å². The fourth-order valence-electron chi connectivity index (χ4n) is 2.30. The Morgan fingerprint density at radius 2 is 2.32 bits per heavy atom. The highest BCUT2D eigenvalue weighted by atomic mass is 19.1. The number of hydrogen-bond donors (Lipinski definition) is 1. The molecule has 0 saturated heterocycles. The van der Waals surface area contributed by atoms with Crippen LogP contribution in [0, 0.1) is 5.82 Å². The predicted octanol–water partition coefficient (Wildman–Crippen LogP) is 3.10. The molecule has 0 aromatic heterocycles. The summed E-state index contributed by atoms with van der Waals surface area (Å²) in [5.41, 5.74) is -0.0646. The average molecular weight is 263 g/mol. The Morgan fingerprint density at radius 1 is 1.53 bits per heavy atom. The van der Waals surface area contributed by atoms with Crippen molar-refractivity contribution in [1.29, 1.82) is 0 Å². The van der Waals surface area contributed by atoms with Gasteiger partial charge in [0.15, 0.2) is 0 Å². The molecule has 4 heteroatoms. The lowest BCUT2D eigenvalue weighted by Gasteiger charge is -2.24. The molecule has 0 radical (unpaired) electrons. The van der Waals surface area contributed by atoms with Gasteiger partial charge >= 0.3 is 0 Å². The third-order valence-electron chi connectivity index (χ3n) is 3.36. The van der Waals surface area contributed by atoms with Crippen LogP contribution < -0.4 is 0 Å². The Hall–Kier alpha value is -1.84. The Balaban J connectivity index is 2.17. The summed E-state index contributed by atoms with van der Waals surface area (Å²) in [7, 11) is 0. The van der Waals surface area contributed by atoms with Gasteiger partial charge in [-0.25, -0.2) is 4.39 Å². The number of carbonyl (C=O) groups excluding carboxylic acids is 1. The zero-order valence-corrected chi connectivity index (χ0v) is 11.0. The standard InChI is InChI=1S/C15H18FNO2/c1-2-3-5-11-6-4-9-17(11)15(19)13-10-12(18)7-8-14(13)16/h4,6-8,10-11,18H,2-3,5,9H2,1H3. The maximum absolute atomic E-state index is 13.7. The van der Waals surface area contributed by atoms with Gasteiger partial charge in [-0.3, -0.25) is 4.79 Å². The van der Waals surface area contributed by atoms with E-state index in [4.69, 9.17) is 0 Å². The highest BCUT2D eigenvalue weighted by Crippen LogP contribution is 2.22. The minimum Gasteiger partial charge on any atom is -0.508 e. The minimum atomic E-state index is -0.594. The summed E-state index contributed by atoms with van der Waals surface area (Å²) in [6.07, 6.45) is 6.90. The second-order valence-electron chi connectivity index (χ2n) is 4.76. The lowest BCUT2D eigenvalue weighted by molar-refractivity contribution is 0.0738. The molecule has 3 nitrogen and oxygen atoms in total. The fraction of sp³-hybridized carbons (Fsp3) is 0.400. The summed E-state index contributed by atoms with van der Waals surface area (Å²) in [5.74, 6) is -1.05. The summed E-state index contributed by atoms with van der Waals surface area (Å²) < 4.78 is 13.7. The van der Waals surface area contributed by atoms with E-state index in [0.29, 0.717) is 6.54 Å². The lowest BCUT2D eigenvalue weighted by atomic mass is 10.1. The SMILES string of the molecule is CCCCC1C=CCN1C(=O)c1cc(O)ccc1F. The number of unbranched alkanes of at least 4 members (excludes halogenated alkanes) is 1. The zero-order valence-electron chi connectivity index (χ0n) is 11.0. The van der Waals surface area contributed by atoms with Gasteiger partial charge in [-0.2, -0.15) is 0 Å². The van der Waals surface area contributed by atoms with Crippen LogP contribution in [0.5, 0.6) is 5.75 Å². The third-order valence-corrected chi connectivity index (χ3v) is 3.36. The van der Waals surface area contributed by atoms with Gasteiger partial charge in [0.1, 0.15) is 11.6 Å². The monoisotopic (exact) mass is 263 g/mol. The molecule has 1 aliphatic heterocycles. The Labute approximate surface area is 112 Å². The quantitative estimate of drug-likeness (QED) is 0.848. The molecular weight excluding hydrogens is 245 g/mol. The van der Waals surface area contributed by atoms with Gasteiger partial charge in [0.2, 0.25) is 0 Å². The highest BCUT2D eigenvalue weighted by molar-refractivity contribution is 5.95. The first-order chi connectivity index (χ1) is 9.13. The maximum Gasteiger partial charge on any atom is 0.257 e. The van der Waals surface area contributed by atoms with Crippen LogP contribution in [0.1, 0.15) is 36.5 Å². The van der Waals surface area contributed by atoms with Crippen molar-refractivity contribution in [2.45, 2.75) is 32.2 Å². The number of benzene rings is 1. The molecule has 1 heterocycles. The van der Waals surface area contributed by atoms with E-state index in [2.05, 4.69) is 6.92 Å². The number of halogens is 1. The summed E-state index contributed by atoms with van der Waals surface area (Å²) in [4.78, 5) is 14.0. The van der Waals surface area contributed by atoms with Crippen LogP contribution in [-0.4, -0.2) is 28.5 Å². The molecular formula is C15H18FNO2. The van der Waals surface area contributed by atoms with E-state index < -0.39 is 5.82 Å². The molecule has 1 unspecified atom stereocenters. The molecule has 1 N–H and O–H groups in total. The van der Waals surface area contributed by atoms with Crippen molar-refractivity contribution in [3.63, 3.8) is 0 Å². The molecule has 1 aromatic carbocycles. The predicted molar refractivity (Wildman–Crippen MR) is 71.6 cm³/mol. The van der Waals surface area contributed by atoms with Gasteiger partial charge in [0.25, 0.3) is 5.91 Å². The molecule has 1 amide bonds. The normalized spacial score (nSPS) is 18.0. The van der Waals surface area contributed by atoms with E-state index in [-0.39, 0.29) is 23.3 Å². The molecule has 1 aliphatic rings. The number of carbonyl (C=O) groups is 1. The van der Waals surface area contributed by atoms with Crippen molar-refractivity contribution in [1.82, 2.24) is 4.90 Å². The van der Waals surface area contributed by atoms with E-state index in [1.807, 2.05) is 12.2 Å². The number of hydrogen-bond acceptors (Lipinski definition) is 2. The van der Waals surface area contributed by atoms with E-state index in [1.54, 1.807) is 4.90 Å². The van der Waals surface area contributed by atoms with Gasteiger partial charge in [-0.1, -0.05) is 31.9 Å². The molecule has 2 rings (SSSR count). The summed E-state index contributed by atoms with van der Waals surface area (Å²) in [5, 5.41) is 9.38. The van der Waals surface area contributed by atoms with Gasteiger partial charge in [-0.15, -0.1) is 0 Å². The first-order valence-corrected chi connectivity index (χ1v) is 6.59. The third kappa shape index (κ3) is 2.95. The van der Waals surface area contributed by atoms with Crippen molar-refractivity contribution in [2.75, 3.05) is 6.54 Å². The molecule has 19 heavy (non-hydrogen) atoms. The van der Waals surface area contributed by atoms with Crippen LogP contribution in [0.2, 0.25) is 0 Å². The highest BCUT2D eigenvalue weighted by Gasteiger charge is 2.27. The molecule has 102 valence electrons. The summed E-state index contributed by atoms with van der Waals surface area (Å²) in [6, 6.07) is 3.58. The van der Waals surface area contributed by atoms with Crippen molar-refractivity contribution in [3.8, 4) is 5.75 Å². The number of nitrogens with zero attached hydrogens (tertiary/aromatic N) is 1. The second-order valence-corrected chi connectivity index (χ2v) is 4.76. The van der Waals surface area contributed by atoms with Crippen molar-refractivity contribution in [3.05, 3.63) is 41.7 Å². The number of aromatic hydroxyl groups is 1. The summed E-state index contributed by atoms with van der Waals surface area (Å²) in [6.45, 7) is 2.60. The molecule has 0 spiro atoms. The van der Waals surface area contributed by atoms with E-state index in [1.165, 1.54) is 12.1 Å². The number of phenolic OH excluding ortho intramolecular Hbond substituents is 1. The van der Waals surface area contributed by atoms with Gasteiger partial charge < -0.3 is 10.0 Å². The van der Waals surface area contributed by atoms with E-state index in [9.17, 15) is 14.3 Å². The first kappa shape index (κ1) is 13.6. The van der Waals surface area contributed by atoms with Gasteiger partial charge in [0.05, 0.1) is 11.6 Å². The van der Waals surface area contributed by atoms with Crippen LogP contribution in [0.3, 0.4) is 0 Å². The summed E-state index contributed by atoms with van der Waals surface area (Å²) >= 11 is 0. The lowest BCUT2D eigenvalue weighted by Crippen LogP contribution is -2.36. The van der Waals surface area contributed by atoms with Crippen LogP contribution in [0.25, 0.3) is 0 Å². The smallest absolute Gasteiger partial charge is 0.257 e. The molecule has 1 aromatic rings. The molecule has 0 aliphatic carbocycles. The maximum atomic E-state index is 13.7. The molecule has 0 saturated carbocycles. The Kier molecular flexibility index (Phi) is 4.20. The van der Waals surface area contributed by atoms with E-state index >= 15 is 0 Å². The van der Waals surface area contributed by atoms with Crippen LogP contribution in [0.15, 0.2) is 30.4 Å². The minimum absolute atomic E-state index is 0.0363. The molecule has 0 bridgehead atoms. The fourth-order valence-corrected chi connectivity index (χ4v) is 2.30. The van der Waals surface area contributed by atoms with Crippen LogP contribution in [0.4, 0.5) is 4.39 Å². The van der Waals surface area contributed by atoms with Crippen LogP contribution >= 0.6 is 0 Å². The second kappa shape index (κ2) is 5.87. The van der Waals surface area contributed by atoms with E-state index in [0.717, 1.165) is 25.3 Å². The van der Waals surface area contributed by atoms with Gasteiger partial charge in [-0.05, 0) is 24.6 Å². The number of rotatable bonds is 4. The molecule has 0 fully saturated rings. The zero-order chi connectivity index (χ0) is 13.8. The number of phenols is 1. The molecule has 1 atom stereocenters. The Morgan fingerprint density at radius 3 is 3.05 bits per heavy atom. The number of amides is 1. The van der Waals surface area contributed by atoms with Crippen LogP contribution in [-0.2, 0) is 0 Å². The van der Waals surface area contributed by atoms with Crippen molar-refractivity contribution in [2.24, 2.45) is 0 Å². The Bertz CT molecular complexity index is 499. The topological polar surface area (TPSA) is 40.5 Å². The first-order valence-electron chi connectivity index (χ1n) is 6.59. The van der Waals surface area contributed by atoms with Crippen molar-refractivity contribution < 1.29 is 14.3 Å². The largest absolute Gasteiger partial charge is 0.508 e. The average Bonchev–Trinajstić information content (AvgIpc) is 2.86.